The van der Waals surface area contributed by atoms with Gasteiger partial charge in [0.2, 0.25) is 5.88 Å². The molecule has 3 rings (SSSR count). The highest BCUT2D eigenvalue weighted by Gasteiger charge is 2.30. The van der Waals surface area contributed by atoms with E-state index in [-0.39, 0.29) is 0 Å². The maximum atomic E-state index is 12.7. The van der Waals surface area contributed by atoms with E-state index < -0.39 is 11.7 Å². The van der Waals surface area contributed by atoms with Gasteiger partial charge in [-0.2, -0.15) is 13.2 Å². The first-order chi connectivity index (χ1) is 11.9. The molecule has 0 aliphatic carbocycles. The summed E-state index contributed by atoms with van der Waals surface area (Å²) >= 11 is 0. The van der Waals surface area contributed by atoms with Crippen molar-refractivity contribution in [3.8, 4) is 28.1 Å². The van der Waals surface area contributed by atoms with Gasteiger partial charge < -0.3 is 10.5 Å². The van der Waals surface area contributed by atoms with Gasteiger partial charge in [-0.25, -0.2) is 9.97 Å². The molecule has 0 unspecified atom stereocenters. The minimum atomic E-state index is -4.36. The fourth-order valence-corrected chi connectivity index (χ4v) is 2.38. The van der Waals surface area contributed by atoms with Crippen LogP contribution < -0.4 is 10.5 Å². The van der Waals surface area contributed by atoms with Crippen LogP contribution in [0.4, 0.5) is 19.0 Å². The van der Waals surface area contributed by atoms with Crippen LogP contribution in [0.1, 0.15) is 5.56 Å². The predicted octanol–water partition coefficient (Wildman–Crippen LogP) is 4.42. The molecule has 0 spiro atoms. The van der Waals surface area contributed by atoms with Crippen LogP contribution in [0.3, 0.4) is 0 Å². The summed E-state index contributed by atoms with van der Waals surface area (Å²) in [6, 6.07) is 10.2. The molecule has 4 nitrogen and oxygen atoms in total. The lowest BCUT2D eigenvalue weighted by molar-refractivity contribution is -0.137. The Bertz CT molecular complexity index is 876. The molecule has 0 amide bonds. The van der Waals surface area contributed by atoms with Crippen LogP contribution in [-0.2, 0) is 6.18 Å². The Morgan fingerprint density at radius 1 is 0.880 bits per heavy atom. The number of nitrogen functional groups attached to an aromatic ring is 1. The molecular formula is C18H14F3N3O. The zero-order chi connectivity index (χ0) is 18.0. The number of rotatable bonds is 3. The Hall–Kier alpha value is -3.09. The summed E-state index contributed by atoms with van der Waals surface area (Å²) < 4.78 is 43.0. The zero-order valence-corrected chi connectivity index (χ0v) is 13.2. The Kier molecular flexibility index (Phi) is 4.31. The third kappa shape index (κ3) is 3.55. The van der Waals surface area contributed by atoms with Crippen LogP contribution in [0.2, 0.25) is 0 Å². The maximum Gasteiger partial charge on any atom is 0.416 e. The topological polar surface area (TPSA) is 61.0 Å². The van der Waals surface area contributed by atoms with Gasteiger partial charge in [-0.15, -0.1) is 0 Å². The Morgan fingerprint density at radius 3 is 2.08 bits per heavy atom. The first kappa shape index (κ1) is 16.8. The highest BCUT2D eigenvalue weighted by Crippen LogP contribution is 2.33. The monoisotopic (exact) mass is 345 g/mol. The second kappa shape index (κ2) is 6.43. The van der Waals surface area contributed by atoms with Crippen molar-refractivity contribution in [1.82, 2.24) is 9.97 Å². The molecule has 0 radical (unpaired) electrons. The normalized spacial score (nSPS) is 11.4. The van der Waals surface area contributed by atoms with Gasteiger partial charge in [-0.1, -0.05) is 12.1 Å². The van der Waals surface area contributed by atoms with E-state index in [1.165, 1.54) is 25.4 Å². The van der Waals surface area contributed by atoms with E-state index >= 15 is 0 Å². The first-order valence-corrected chi connectivity index (χ1v) is 7.32. The highest BCUT2D eigenvalue weighted by molar-refractivity contribution is 5.79. The van der Waals surface area contributed by atoms with Gasteiger partial charge in [0.1, 0.15) is 5.82 Å². The number of aromatic nitrogens is 2. The number of benzene rings is 1. The minimum Gasteiger partial charge on any atom is -0.481 e. The lowest BCUT2D eigenvalue weighted by Gasteiger charge is -2.10. The van der Waals surface area contributed by atoms with E-state index in [1.54, 1.807) is 24.4 Å². The van der Waals surface area contributed by atoms with Crippen molar-refractivity contribution in [3.05, 3.63) is 60.4 Å². The van der Waals surface area contributed by atoms with Gasteiger partial charge in [0, 0.05) is 35.2 Å². The molecule has 0 saturated carbocycles. The van der Waals surface area contributed by atoms with E-state index in [1.807, 2.05) is 0 Å². The molecule has 25 heavy (non-hydrogen) atoms. The summed E-state index contributed by atoms with van der Waals surface area (Å²) in [5, 5.41) is 0. The molecule has 0 aliphatic rings. The van der Waals surface area contributed by atoms with Gasteiger partial charge in [-0.05, 0) is 29.8 Å². The van der Waals surface area contributed by atoms with Crippen LogP contribution in [0.15, 0.2) is 54.9 Å². The van der Waals surface area contributed by atoms with Gasteiger partial charge in [0.15, 0.2) is 0 Å². The van der Waals surface area contributed by atoms with Crippen molar-refractivity contribution < 1.29 is 17.9 Å². The molecule has 0 atom stereocenters. The summed E-state index contributed by atoms with van der Waals surface area (Å²) in [5.41, 5.74) is 7.89. The third-order valence-electron chi connectivity index (χ3n) is 3.72. The first-order valence-electron chi connectivity index (χ1n) is 7.32. The van der Waals surface area contributed by atoms with Crippen molar-refractivity contribution in [3.63, 3.8) is 0 Å². The number of nitrogens with two attached hydrogens (primary N) is 1. The molecule has 0 fully saturated rings. The third-order valence-corrected chi connectivity index (χ3v) is 3.72. The summed E-state index contributed by atoms with van der Waals surface area (Å²) in [6.45, 7) is 0. The predicted molar refractivity (Wildman–Crippen MR) is 88.9 cm³/mol. The van der Waals surface area contributed by atoms with Gasteiger partial charge in [-0.3, -0.25) is 0 Å². The fraction of sp³-hybridized carbons (Fsp3) is 0.111. The van der Waals surface area contributed by atoms with Crippen molar-refractivity contribution in [2.24, 2.45) is 0 Å². The maximum absolute atomic E-state index is 12.7. The van der Waals surface area contributed by atoms with E-state index in [4.69, 9.17) is 10.5 Å². The standard InChI is InChI=1S/C18H14F3N3O/c1-25-16-7-4-12(9-23-16)15-8-13(10-24-17(15)22)11-2-5-14(6-3-11)18(19,20)21/h2-10H,1H3,(H2,22,24). The van der Waals surface area contributed by atoms with Gasteiger partial charge in [0.05, 0.1) is 12.7 Å². The zero-order valence-electron chi connectivity index (χ0n) is 13.2. The number of pyridine rings is 2. The lowest BCUT2D eigenvalue weighted by atomic mass is 10.0. The molecule has 2 aromatic heterocycles. The lowest BCUT2D eigenvalue weighted by Crippen LogP contribution is -2.04. The number of alkyl halides is 3. The van der Waals surface area contributed by atoms with E-state index in [9.17, 15) is 13.2 Å². The Balaban J connectivity index is 1.98. The van der Waals surface area contributed by atoms with E-state index in [2.05, 4.69) is 9.97 Å². The second-order valence-corrected chi connectivity index (χ2v) is 5.32. The molecule has 0 aliphatic heterocycles. The minimum absolute atomic E-state index is 0.308. The molecule has 128 valence electrons. The Labute approximate surface area is 142 Å². The molecular weight excluding hydrogens is 331 g/mol. The van der Waals surface area contributed by atoms with Crippen LogP contribution in [-0.4, -0.2) is 17.1 Å². The molecule has 3 aromatic rings. The smallest absolute Gasteiger partial charge is 0.416 e. The average Bonchev–Trinajstić information content (AvgIpc) is 2.62. The second-order valence-electron chi connectivity index (χ2n) is 5.32. The van der Waals surface area contributed by atoms with Crippen LogP contribution >= 0.6 is 0 Å². The molecule has 0 bridgehead atoms. The highest BCUT2D eigenvalue weighted by atomic mass is 19.4. The SMILES string of the molecule is COc1ccc(-c2cc(-c3ccc(C(F)(F)F)cc3)cnc2N)cn1. The van der Waals surface area contributed by atoms with E-state index in [0.29, 0.717) is 28.4 Å². The molecule has 7 heteroatoms. The van der Waals surface area contributed by atoms with Crippen molar-refractivity contribution in [2.45, 2.75) is 6.18 Å². The van der Waals surface area contributed by atoms with Crippen molar-refractivity contribution >= 4 is 5.82 Å². The number of methoxy groups -OCH3 is 1. The fourth-order valence-electron chi connectivity index (χ4n) is 2.38. The van der Waals surface area contributed by atoms with E-state index in [0.717, 1.165) is 17.7 Å². The molecule has 2 N–H and O–H groups in total. The largest absolute Gasteiger partial charge is 0.481 e. The molecule has 1 aromatic carbocycles. The van der Waals surface area contributed by atoms with Crippen LogP contribution in [0.25, 0.3) is 22.3 Å². The van der Waals surface area contributed by atoms with Crippen LogP contribution in [0, 0.1) is 0 Å². The number of hydrogen-bond donors (Lipinski definition) is 1. The quantitative estimate of drug-likeness (QED) is 0.763. The number of halogens is 3. The van der Waals surface area contributed by atoms with Crippen LogP contribution in [0.5, 0.6) is 5.88 Å². The molecule has 0 saturated heterocycles. The Morgan fingerprint density at radius 2 is 1.52 bits per heavy atom. The van der Waals surface area contributed by atoms with Crippen molar-refractivity contribution in [1.29, 1.82) is 0 Å². The number of anilines is 1. The summed E-state index contributed by atoms with van der Waals surface area (Å²) in [5.74, 6) is 0.775. The van der Waals surface area contributed by atoms with Crippen molar-refractivity contribution in [2.75, 3.05) is 12.8 Å². The number of ether oxygens (including phenoxy) is 1. The number of nitrogens with zero attached hydrogens (tertiary/aromatic N) is 2. The average molecular weight is 345 g/mol. The molecule has 2 heterocycles. The van der Waals surface area contributed by atoms with Gasteiger partial charge >= 0.3 is 6.18 Å². The summed E-state index contributed by atoms with van der Waals surface area (Å²) in [4.78, 5) is 8.27. The van der Waals surface area contributed by atoms with Gasteiger partial charge in [0.25, 0.3) is 0 Å². The summed E-state index contributed by atoms with van der Waals surface area (Å²) in [7, 11) is 1.52. The number of hydrogen-bond acceptors (Lipinski definition) is 4. The summed E-state index contributed by atoms with van der Waals surface area (Å²) in [6.07, 6.45) is -1.24.